The predicted octanol–water partition coefficient (Wildman–Crippen LogP) is 1.40. The number of aromatic nitrogens is 2. The average Bonchev–Trinajstić information content (AvgIpc) is 2.82. The number of ether oxygens (including phenoxy) is 1. The van der Waals surface area contributed by atoms with Crippen molar-refractivity contribution < 1.29 is 9.53 Å². The van der Waals surface area contributed by atoms with Gasteiger partial charge >= 0.3 is 5.97 Å². The van der Waals surface area contributed by atoms with Crippen LogP contribution >= 0.6 is 0 Å². The highest BCUT2D eigenvalue weighted by molar-refractivity contribution is 5.98. The molecule has 6 heteroatoms. The first-order valence-electron chi connectivity index (χ1n) is 5.81. The first kappa shape index (κ1) is 12.9. The van der Waals surface area contributed by atoms with Crippen molar-refractivity contribution >= 4 is 17.3 Å². The van der Waals surface area contributed by atoms with Gasteiger partial charge in [0.2, 0.25) is 0 Å². The molecular weight excluding hydrogens is 244 g/mol. The van der Waals surface area contributed by atoms with Crippen LogP contribution in [0.3, 0.4) is 0 Å². The number of nitrogens with one attached hydrogen (secondary N) is 1. The first-order chi connectivity index (χ1) is 9.13. The molecule has 0 bridgehead atoms. The molecule has 0 unspecified atom stereocenters. The van der Waals surface area contributed by atoms with E-state index in [0.29, 0.717) is 23.5 Å². The van der Waals surface area contributed by atoms with Gasteiger partial charge in [0.25, 0.3) is 0 Å². The van der Waals surface area contributed by atoms with E-state index in [0.717, 1.165) is 5.69 Å². The van der Waals surface area contributed by atoms with Gasteiger partial charge in [-0.05, 0) is 18.2 Å². The Morgan fingerprint density at radius 2 is 2.26 bits per heavy atom. The van der Waals surface area contributed by atoms with Gasteiger partial charge < -0.3 is 15.8 Å². The largest absolute Gasteiger partial charge is 0.465 e. The Kier molecular flexibility index (Phi) is 3.70. The van der Waals surface area contributed by atoms with Crippen molar-refractivity contribution in [3.63, 3.8) is 0 Å². The summed E-state index contributed by atoms with van der Waals surface area (Å²) in [4.78, 5) is 11.7. The number of esters is 1. The minimum absolute atomic E-state index is 0.417. The summed E-state index contributed by atoms with van der Waals surface area (Å²) in [6.45, 7) is 0.523. The van der Waals surface area contributed by atoms with Gasteiger partial charge in [0.15, 0.2) is 0 Å². The molecular formula is C13H16N4O2. The van der Waals surface area contributed by atoms with Crippen LogP contribution in [-0.2, 0) is 18.3 Å². The van der Waals surface area contributed by atoms with Crippen molar-refractivity contribution in [1.82, 2.24) is 9.78 Å². The van der Waals surface area contributed by atoms with Crippen LogP contribution in [0.15, 0.2) is 30.5 Å². The number of hydrogen-bond acceptors (Lipinski definition) is 5. The molecule has 19 heavy (non-hydrogen) atoms. The van der Waals surface area contributed by atoms with Crippen LogP contribution in [0.2, 0.25) is 0 Å². The van der Waals surface area contributed by atoms with Crippen molar-refractivity contribution in [2.45, 2.75) is 6.54 Å². The van der Waals surface area contributed by atoms with E-state index in [2.05, 4.69) is 10.4 Å². The standard InChI is InChI=1S/C13H16N4O2/c1-17-9(6-7-16-17)8-15-12-10(13(18)19-2)4-3-5-11(12)14/h3-7,15H,8,14H2,1-2H3. The number of carbonyl (C=O) groups is 1. The van der Waals surface area contributed by atoms with E-state index in [-0.39, 0.29) is 0 Å². The molecule has 0 aliphatic rings. The fraction of sp³-hybridized carbons (Fsp3) is 0.231. The van der Waals surface area contributed by atoms with Crippen LogP contribution in [0.25, 0.3) is 0 Å². The average molecular weight is 260 g/mol. The number of para-hydroxylation sites is 1. The third-order valence-electron chi connectivity index (χ3n) is 2.87. The molecule has 1 aromatic heterocycles. The Hall–Kier alpha value is -2.50. The van der Waals surface area contributed by atoms with Crippen molar-refractivity contribution in [2.75, 3.05) is 18.2 Å². The van der Waals surface area contributed by atoms with Crippen molar-refractivity contribution in [3.05, 3.63) is 41.7 Å². The Morgan fingerprint density at radius 3 is 2.89 bits per heavy atom. The van der Waals surface area contributed by atoms with Crippen LogP contribution in [0.4, 0.5) is 11.4 Å². The molecule has 100 valence electrons. The number of aryl methyl sites for hydroxylation is 1. The molecule has 0 aliphatic heterocycles. The number of anilines is 2. The number of rotatable bonds is 4. The van der Waals surface area contributed by atoms with Gasteiger partial charge in [0, 0.05) is 13.2 Å². The monoisotopic (exact) mass is 260 g/mol. The second-order valence-corrected chi connectivity index (χ2v) is 4.06. The molecule has 1 heterocycles. The zero-order valence-electron chi connectivity index (χ0n) is 10.9. The number of nitrogens with zero attached hydrogens (tertiary/aromatic N) is 2. The number of nitrogen functional groups attached to an aromatic ring is 1. The number of methoxy groups -OCH3 is 1. The molecule has 2 aromatic rings. The number of carbonyl (C=O) groups excluding carboxylic acids is 1. The lowest BCUT2D eigenvalue weighted by Gasteiger charge is -2.13. The third-order valence-corrected chi connectivity index (χ3v) is 2.87. The summed E-state index contributed by atoms with van der Waals surface area (Å²) in [6.07, 6.45) is 1.71. The molecule has 0 fully saturated rings. The topological polar surface area (TPSA) is 82.2 Å². The highest BCUT2D eigenvalue weighted by Crippen LogP contribution is 2.24. The molecule has 0 saturated heterocycles. The van der Waals surface area contributed by atoms with E-state index in [4.69, 9.17) is 10.5 Å². The number of hydrogen-bond donors (Lipinski definition) is 2. The molecule has 3 N–H and O–H groups in total. The molecule has 1 aromatic carbocycles. The lowest BCUT2D eigenvalue weighted by molar-refractivity contribution is 0.0602. The van der Waals surface area contributed by atoms with E-state index in [9.17, 15) is 4.79 Å². The maximum Gasteiger partial charge on any atom is 0.340 e. The van der Waals surface area contributed by atoms with Crippen LogP contribution < -0.4 is 11.1 Å². The number of nitrogens with two attached hydrogens (primary N) is 1. The Morgan fingerprint density at radius 1 is 1.47 bits per heavy atom. The summed E-state index contributed by atoms with van der Waals surface area (Å²) in [6, 6.07) is 7.02. The van der Waals surface area contributed by atoms with Gasteiger partial charge in [-0.25, -0.2) is 4.79 Å². The quantitative estimate of drug-likeness (QED) is 0.641. The van der Waals surface area contributed by atoms with Gasteiger partial charge in [-0.1, -0.05) is 6.07 Å². The van der Waals surface area contributed by atoms with Crippen molar-refractivity contribution in [1.29, 1.82) is 0 Å². The lowest BCUT2D eigenvalue weighted by Crippen LogP contribution is -2.12. The third kappa shape index (κ3) is 2.67. The summed E-state index contributed by atoms with van der Waals surface area (Å²) in [5, 5.41) is 7.23. The van der Waals surface area contributed by atoms with E-state index in [1.807, 2.05) is 13.1 Å². The highest BCUT2D eigenvalue weighted by Gasteiger charge is 2.14. The Balaban J connectivity index is 2.24. The van der Waals surface area contributed by atoms with Crippen LogP contribution in [0.5, 0.6) is 0 Å². The normalized spacial score (nSPS) is 10.2. The fourth-order valence-corrected chi connectivity index (χ4v) is 1.80. The molecule has 0 amide bonds. The first-order valence-corrected chi connectivity index (χ1v) is 5.81. The summed E-state index contributed by atoms with van der Waals surface area (Å²) in [5.74, 6) is -0.417. The van der Waals surface area contributed by atoms with E-state index in [1.165, 1.54) is 7.11 Å². The molecule has 0 spiro atoms. The van der Waals surface area contributed by atoms with Gasteiger partial charge in [0.05, 0.1) is 36.3 Å². The summed E-state index contributed by atoms with van der Waals surface area (Å²) < 4.78 is 6.49. The van der Waals surface area contributed by atoms with Crippen LogP contribution in [-0.4, -0.2) is 22.9 Å². The smallest absolute Gasteiger partial charge is 0.340 e. The van der Waals surface area contributed by atoms with Gasteiger partial charge in [-0.2, -0.15) is 5.10 Å². The molecule has 0 atom stereocenters. The minimum Gasteiger partial charge on any atom is -0.465 e. The second kappa shape index (κ2) is 5.43. The SMILES string of the molecule is COC(=O)c1cccc(N)c1NCc1ccnn1C. The van der Waals surface area contributed by atoms with Gasteiger partial charge in [-0.3, -0.25) is 4.68 Å². The number of benzene rings is 1. The predicted molar refractivity (Wildman–Crippen MR) is 72.7 cm³/mol. The minimum atomic E-state index is -0.417. The fourth-order valence-electron chi connectivity index (χ4n) is 1.80. The highest BCUT2D eigenvalue weighted by atomic mass is 16.5. The molecule has 0 radical (unpaired) electrons. The summed E-state index contributed by atoms with van der Waals surface area (Å²) in [5.41, 5.74) is 8.39. The summed E-state index contributed by atoms with van der Waals surface area (Å²) in [7, 11) is 3.20. The zero-order valence-corrected chi connectivity index (χ0v) is 10.9. The molecule has 0 saturated carbocycles. The van der Waals surface area contributed by atoms with Gasteiger partial charge in [-0.15, -0.1) is 0 Å². The van der Waals surface area contributed by atoms with E-state index >= 15 is 0 Å². The van der Waals surface area contributed by atoms with Gasteiger partial charge in [0.1, 0.15) is 0 Å². The van der Waals surface area contributed by atoms with Crippen LogP contribution in [0, 0.1) is 0 Å². The summed E-state index contributed by atoms with van der Waals surface area (Å²) >= 11 is 0. The second-order valence-electron chi connectivity index (χ2n) is 4.06. The Bertz CT molecular complexity index is 592. The van der Waals surface area contributed by atoms with E-state index < -0.39 is 5.97 Å². The maximum atomic E-state index is 11.7. The zero-order chi connectivity index (χ0) is 13.8. The maximum absolute atomic E-state index is 11.7. The van der Waals surface area contributed by atoms with Crippen molar-refractivity contribution in [2.24, 2.45) is 7.05 Å². The van der Waals surface area contributed by atoms with Crippen LogP contribution in [0.1, 0.15) is 16.1 Å². The van der Waals surface area contributed by atoms with Crippen molar-refractivity contribution in [3.8, 4) is 0 Å². The molecule has 0 aliphatic carbocycles. The lowest BCUT2D eigenvalue weighted by atomic mass is 10.1. The molecule has 2 rings (SSSR count). The Labute approximate surface area is 111 Å². The van der Waals surface area contributed by atoms with E-state index in [1.54, 1.807) is 29.1 Å². The molecule has 6 nitrogen and oxygen atoms in total.